The van der Waals surface area contributed by atoms with Crippen LogP contribution in [0.2, 0.25) is 0 Å². The van der Waals surface area contributed by atoms with Crippen molar-refractivity contribution in [1.29, 1.82) is 0 Å². The van der Waals surface area contributed by atoms with Crippen LogP contribution in [0, 0.1) is 5.92 Å². The average molecular weight is 407 g/mol. The fourth-order valence-electron chi connectivity index (χ4n) is 3.64. The van der Waals surface area contributed by atoms with Gasteiger partial charge in [-0.3, -0.25) is 0 Å². The Hall–Kier alpha value is -1.40. The molecular weight excluding hydrogens is 380 g/mol. The highest BCUT2D eigenvalue weighted by molar-refractivity contribution is 7.89. The number of rotatable bonds is 6. The molecule has 146 valence electrons. The third kappa shape index (κ3) is 4.72. The van der Waals surface area contributed by atoms with Crippen LogP contribution < -0.4 is 5.32 Å². The molecule has 2 aromatic rings. The summed E-state index contributed by atoms with van der Waals surface area (Å²) in [5.41, 5.74) is 1.72. The van der Waals surface area contributed by atoms with Gasteiger partial charge in [0, 0.05) is 24.7 Å². The van der Waals surface area contributed by atoms with Crippen molar-refractivity contribution in [2.24, 2.45) is 5.92 Å². The van der Waals surface area contributed by atoms with Crippen molar-refractivity contribution < 1.29 is 8.42 Å². The molecule has 0 atom stereocenters. The van der Waals surface area contributed by atoms with Crippen LogP contribution in [-0.4, -0.2) is 38.4 Å². The summed E-state index contributed by atoms with van der Waals surface area (Å²) in [7, 11) is -3.48. The number of piperidine rings is 1. The van der Waals surface area contributed by atoms with Crippen molar-refractivity contribution in [3.8, 4) is 11.1 Å². The van der Waals surface area contributed by atoms with E-state index in [1.807, 2.05) is 48.5 Å². The molecule has 2 aromatic carbocycles. The second-order valence-corrected chi connectivity index (χ2v) is 9.30. The highest BCUT2D eigenvalue weighted by Gasteiger charge is 2.31. The standard InChI is InChI=1S/C21H26N2O2S.ClH/c24-26(25,23-14-12-19(13-15-23)22-16-17-10-11-17)21-9-5-4-8-20(21)18-6-2-1-3-7-18;/h1-9,17,19,22H,10-16H2;1H. The van der Waals surface area contributed by atoms with Gasteiger partial charge >= 0.3 is 0 Å². The SMILES string of the molecule is Cl.O=S(=O)(c1ccccc1-c1ccccc1)N1CCC(NCC2CC2)CC1. The molecule has 0 amide bonds. The van der Waals surface area contributed by atoms with Gasteiger partial charge in [0.25, 0.3) is 0 Å². The maximum atomic E-state index is 13.3. The van der Waals surface area contributed by atoms with Crippen LogP contribution in [-0.2, 0) is 10.0 Å². The van der Waals surface area contributed by atoms with E-state index in [9.17, 15) is 8.42 Å². The van der Waals surface area contributed by atoms with Gasteiger partial charge in [-0.25, -0.2) is 8.42 Å². The van der Waals surface area contributed by atoms with Crippen molar-refractivity contribution in [3.63, 3.8) is 0 Å². The average Bonchev–Trinajstić information content (AvgIpc) is 3.52. The van der Waals surface area contributed by atoms with Crippen molar-refractivity contribution in [3.05, 3.63) is 54.6 Å². The van der Waals surface area contributed by atoms with Gasteiger partial charge < -0.3 is 5.32 Å². The van der Waals surface area contributed by atoms with E-state index in [-0.39, 0.29) is 12.4 Å². The van der Waals surface area contributed by atoms with Crippen molar-refractivity contribution in [1.82, 2.24) is 9.62 Å². The molecule has 2 aliphatic rings. The van der Waals surface area contributed by atoms with E-state index in [1.165, 1.54) is 12.8 Å². The summed E-state index contributed by atoms with van der Waals surface area (Å²) in [5, 5.41) is 3.61. The summed E-state index contributed by atoms with van der Waals surface area (Å²) >= 11 is 0. The lowest BCUT2D eigenvalue weighted by Gasteiger charge is -2.32. The van der Waals surface area contributed by atoms with E-state index < -0.39 is 10.0 Å². The molecule has 1 N–H and O–H groups in total. The van der Waals surface area contributed by atoms with Crippen LogP contribution in [0.15, 0.2) is 59.5 Å². The molecule has 0 spiro atoms. The molecule has 0 aromatic heterocycles. The predicted molar refractivity (Wildman–Crippen MR) is 112 cm³/mol. The minimum Gasteiger partial charge on any atom is -0.314 e. The molecule has 1 heterocycles. The van der Waals surface area contributed by atoms with Gasteiger partial charge in [0.05, 0.1) is 4.90 Å². The van der Waals surface area contributed by atoms with Crippen molar-refractivity contribution in [2.75, 3.05) is 19.6 Å². The fourth-order valence-corrected chi connectivity index (χ4v) is 5.33. The monoisotopic (exact) mass is 406 g/mol. The van der Waals surface area contributed by atoms with E-state index in [1.54, 1.807) is 10.4 Å². The third-order valence-corrected chi connectivity index (χ3v) is 7.39. The molecule has 27 heavy (non-hydrogen) atoms. The van der Waals surface area contributed by atoms with Crippen molar-refractivity contribution >= 4 is 22.4 Å². The number of benzene rings is 2. The lowest BCUT2D eigenvalue weighted by atomic mass is 10.1. The molecular formula is C21H27ClN2O2S. The molecule has 6 heteroatoms. The topological polar surface area (TPSA) is 49.4 Å². The molecule has 1 aliphatic carbocycles. The van der Waals surface area contributed by atoms with Gasteiger partial charge in [-0.05, 0) is 49.8 Å². The van der Waals surface area contributed by atoms with Gasteiger partial charge in [-0.1, -0.05) is 48.5 Å². The van der Waals surface area contributed by atoms with Gasteiger partial charge in [-0.15, -0.1) is 12.4 Å². The molecule has 1 saturated carbocycles. The Morgan fingerprint density at radius 1 is 0.889 bits per heavy atom. The zero-order chi connectivity index (χ0) is 18.0. The summed E-state index contributed by atoms with van der Waals surface area (Å²) in [6, 6.07) is 17.5. The van der Waals surface area contributed by atoms with Crippen LogP contribution in [0.5, 0.6) is 0 Å². The molecule has 1 saturated heterocycles. The Bertz CT molecular complexity index is 845. The second-order valence-electron chi connectivity index (χ2n) is 7.39. The Balaban J connectivity index is 0.00000210. The molecule has 0 radical (unpaired) electrons. The first-order chi connectivity index (χ1) is 12.6. The molecule has 0 bridgehead atoms. The highest BCUT2D eigenvalue weighted by atomic mass is 35.5. The van der Waals surface area contributed by atoms with E-state index in [2.05, 4.69) is 5.32 Å². The van der Waals surface area contributed by atoms with Crippen molar-refractivity contribution in [2.45, 2.75) is 36.6 Å². The summed E-state index contributed by atoms with van der Waals surface area (Å²) in [6.45, 7) is 2.27. The van der Waals surface area contributed by atoms with E-state index in [4.69, 9.17) is 0 Å². The van der Waals surface area contributed by atoms with E-state index in [0.717, 1.165) is 36.4 Å². The zero-order valence-electron chi connectivity index (χ0n) is 15.4. The first-order valence-electron chi connectivity index (χ1n) is 9.52. The molecule has 4 nitrogen and oxygen atoms in total. The third-order valence-electron chi connectivity index (χ3n) is 5.44. The van der Waals surface area contributed by atoms with E-state index >= 15 is 0 Å². The Labute approximate surface area is 168 Å². The number of hydrogen-bond donors (Lipinski definition) is 1. The number of nitrogens with zero attached hydrogens (tertiary/aromatic N) is 1. The first kappa shape index (κ1) is 20.3. The summed E-state index contributed by atoms with van der Waals surface area (Å²) < 4.78 is 28.2. The second kappa shape index (κ2) is 8.74. The number of hydrogen-bond acceptors (Lipinski definition) is 3. The molecule has 4 rings (SSSR count). The van der Waals surface area contributed by atoms with Crippen LogP contribution in [0.1, 0.15) is 25.7 Å². The number of halogens is 1. The van der Waals surface area contributed by atoms with E-state index in [0.29, 0.717) is 24.0 Å². The van der Waals surface area contributed by atoms with Crippen LogP contribution in [0.4, 0.5) is 0 Å². The minimum absolute atomic E-state index is 0. The van der Waals surface area contributed by atoms with Gasteiger partial charge in [0.2, 0.25) is 10.0 Å². The van der Waals surface area contributed by atoms with Gasteiger partial charge in [0.1, 0.15) is 0 Å². The van der Waals surface area contributed by atoms with Crippen LogP contribution in [0.3, 0.4) is 0 Å². The number of sulfonamides is 1. The summed E-state index contributed by atoms with van der Waals surface area (Å²) in [4.78, 5) is 0.413. The smallest absolute Gasteiger partial charge is 0.243 e. The zero-order valence-corrected chi connectivity index (χ0v) is 17.0. The number of nitrogens with one attached hydrogen (secondary N) is 1. The predicted octanol–water partition coefficient (Wildman–Crippen LogP) is 3.93. The Morgan fingerprint density at radius 3 is 2.19 bits per heavy atom. The minimum atomic E-state index is -3.48. The lowest BCUT2D eigenvalue weighted by Crippen LogP contribution is -2.45. The molecule has 2 fully saturated rings. The molecule has 0 unspecified atom stereocenters. The quantitative estimate of drug-likeness (QED) is 0.790. The van der Waals surface area contributed by atoms with Gasteiger partial charge in [-0.2, -0.15) is 4.31 Å². The fraction of sp³-hybridized carbons (Fsp3) is 0.429. The normalized spacial score (nSPS) is 18.8. The molecule has 1 aliphatic heterocycles. The summed E-state index contributed by atoms with van der Waals surface area (Å²) in [5.74, 6) is 0.856. The maximum Gasteiger partial charge on any atom is 0.243 e. The van der Waals surface area contributed by atoms with Gasteiger partial charge in [0.15, 0.2) is 0 Å². The highest BCUT2D eigenvalue weighted by Crippen LogP contribution is 2.31. The van der Waals surface area contributed by atoms with Crippen LogP contribution in [0.25, 0.3) is 11.1 Å². The maximum absolute atomic E-state index is 13.3. The lowest BCUT2D eigenvalue weighted by molar-refractivity contribution is 0.288. The summed E-state index contributed by atoms with van der Waals surface area (Å²) in [6.07, 6.45) is 4.46. The van der Waals surface area contributed by atoms with Crippen LogP contribution >= 0.6 is 12.4 Å². The Morgan fingerprint density at radius 2 is 1.52 bits per heavy atom. The Kier molecular flexibility index (Phi) is 6.58. The first-order valence-corrected chi connectivity index (χ1v) is 11.0. The largest absolute Gasteiger partial charge is 0.314 e.